The maximum Gasteiger partial charge on any atom is 0.227 e. The first-order chi connectivity index (χ1) is 10.00. The summed E-state index contributed by atoms with van der Waals surface area (Å²) in [7, 11) is 0. The van der Waals surface area contributed by atoms with E-state index < -0.39 is 5.54 Å². The summed E-state index contributed by atoms with van der Waals surface area (Å²) in [6.07, 6.45) is 3.88. The number of hydrogen-bond donors (Lipinski definition) is 2. The summed E-state index contributed by atoms with van der Waals surface area (Å²) >= 11 is 0. The topological polar surface area (TPSA) is 101 Å². The highest BCUT2D eigenvalue weighted by Gasteiger charge is 2.19. The van der Waals surface area contributed by atoms with Gasteiger partial charge in [-0.15, -0.1) is 0 Å². The Morgan fingerprint density at radius 2 is 2.29 bits per heavy atom. The van der Waals surface area contributed by atoms with E-state index in [-0.39, 0.29) is 18.9 Å². The van der Waals surface area contributed by atoms with Gasteiger partial charge in [0.2, 0.25) is 17.6 Å². The summed E-state index contributed by atoms with van der Waals surface area (Å²) in [5, 5.41) is 15.7. The number of aryl methyl sites for hydroxylation is 1. The smallest absolute Gasteiger partial charge is 0.227 e. The van der Waals surface area contributed by atoms with E-state index in [4.69, 9.17) is 9.63 Å². The Morgan fingerprint density at radius 3 is 2.95 bits per heavy atom. The Balaban J connectivity index is 1.90. The monoisotopic (exact) mass is 290 g/mol. The largest absolute Gasteiger partial charge is 0.394 e. The summed E-state index contributed by atoms with van der Waals surface area (Å²) in [4.78, 5) is 20.0. The van der Waals surface area contributed by atoms with Gasteiger partial charge in [-0.05, 0) is 26.0 Å². The number of rotatable bonds is 6. The molecule has 0 aromatic carbocycles. The number of aliphatic hydroxyl groups is 1. The van der Waals surface area contributed by atoms with Gasteiger partial charge in [-0.2, -0.15) is 4.98 Å². The second-order valence-electron chi connectivity index (χ2n) is 5.34. The average molecular weight is 290 g/mol. The lowest BCUT2D eigenvalue weighted by Crippen LogP contribution is -2.46. The van der Waals surface area contributed by atoms with Crippen molar-refractivity contribution < 1.29 is 14.4 Å². The summed E-state index contributed by atoms with van der Waals surface area (Å²) in [6.45, 7) is 3.38. The lowest BCUT2D eigenvalue weighted by molar-refractivity contribution is -0.123. The fourth-order valence-electron chi connectivity index (χ4n) is 1.67. The Morgan fingerprint density at radius 1 is 1.48 bits per heavy atom. The van der Waals surface area contributed by atoms with E-state index in [1.807, 2.05) is 6.07 Å². The van der Waals surface area contributed by atoms with Crippen LogP contribution < -0.4 is 5.32 Å². The van der Waals surface area contributed by atoms with Gasteiger partial charge in [0.15, 0.2) is 0 Å². The molecule has 0 aliphatic rings. The van der Waals surface area contributed by atoms with Gasteiger partial charge in [-0.25, -0.2) is 0 Å². The van der Waals surface area contributed by atoms with Crippen LogP contribution >= 0.6 is 0 Å². The number of nitrogens with zero attached hydrogens (tertiary/aromatic N) is 3. The van der Waals surface area contributed by atoms with E-state index in [9.17, 15) is 4.79 Å². The fraction of sp³-hybridized carbons (Fsp3) is 0.429. The first-order valence-corrected chi connectivity index (χ1v) is 6.65. The van der Waals surface area contributed by atoms with Crippen molar-refractivity contribution >= 4 is 5.91 Å². The predicted molar refractivity (Wildman–Crippen MR) is 75.2 cm³/mol. The van der Waals surface area contributed by atoms with E-state index >= 15 is 0 Å². The number of carbonyl (C=O) groups excluding carboxylic acids is 1. The van der Waals surface area contributed by atoms with Crippen LogP contribution in [-0.4, -0.2) is 38.3 Å². The molecule has 0 aliphatic heterocycles. The molecule has 0 saturated carbocycles. The van der Waals surface area contributed by atoms with Crippen LogP contribution in [0.3, 0.4) is 0 Å². The zero-order chi connectivity index (χ0) is 15.3. The molecule has 7 nitrogen and oxygen atoms in total. The third-order valence-corrected chi connectivity index (χ3v) is 2.83. The van der Waals surface area contributed by atoms with Gasteiger partial charge >= 0.3 is 0 Å². The lowest BCUT2D eigenvalue weighted by Gasteiger charge is -2.23. The highest BCUT2D eigenvalue weighted by Crippen LogP contribution is 2.14. The number of pyridine rings is 1. The third-order valence-electron chi connectivity index (χ3n) is 2.83. The van der Waals surface area contributed by atoms with Crippen LogP contribution in [0.15, 0.2) is 29.0 Å². The van der Waals surface area contributed by atoms with Crippen LogP contribution in [0.5, 0.6) is 0 Å². The van der Waals surface area contributed by atoms with Gasteiger partial charge in [-0.3, -0.25) is 9.78 Å². The normalized spacial score (nSPS) is 11.4. The molecule has 0 aliphatic carbocycles. The summed E-state index contributed by atoms with van der Waals surface area (Å²) in [5.74, 6) is 0.676. The molecule has 112 valence electrons. The van der Waals surface area contributed by atoms with Gasteiger partial charge in [0, 0.05) is 30.8 Å². The average Bonchev–Trinajstić information content (AvgIpc) is 2.95. The van der Waals surface area contributed by atoms with Crippen LogP contribution in [0.25, 0.3) is 11.4 Å². The van der Waals surface area contributed by atoms with Crippen molar-refractivity contribution in [2.45, 2.75) is 32.2 Å². The maximum absolute atomic E-state index is 11.7. The second kappa shape index (κ2) is 6.45. The molecular weight excluding hydrogens is 272 g/mol. The van der Waals surface area contributed by atoms with E-state index in [0.717, 1.165) is 5.56 Å². The van der Waals surface area contributed by atoms with Crippen molar-refractivity contribution in [3.63, 3.8) is 0 Å². The van der Waals surface area contributed by atoms with Crippen molar-refractivity contribution in [2.75, 3.05) is 6.61 Å². The van der Waals surface area contributed by atoms with E-state index in [1.165, 1.54) is 0 Å². The predicted octanol–water partition coefficient (Wildman–Crippen LogP) is 0.951. The molecule has 0 spiro atoms. The number of carbonyl (C=O) groups is 1. The zero-order valence-corrected chi connectivity index (χ0v) is 12.0. The first kappa shape index (κ1) is 15.1. The van der Waals surface area contributed by atoms with Gasteiger partial charge in [0.25, 0.3) is 0 Å². The number of aromatic nitrogens is 3. The number of aliphatic hydroxyl groups excluding tert-OH is 1. The minimum Gasteiger partial charge on any atom is -0.394 e. The molecule has 2 rings (SSSR count). The molecular formula is C14H18N4O3. The van der Waals surface area contributed by atoms with Crippen LogP contribution in [0.2, 0.25) is 0 Å². The van der Waals surface area contributed by atoms with Crippen molar-refractivity contribution in [2.24, 2.45) is 0 Å². The minimum atomic E-state index is -0.632. The van der Waals surface area contributed by atoms with Gasteiger partial charge in [0.1, 0.15) is 0 Å². The van der Waals surface area contributed by atoms with Crippen LogP contribution in [0.4, 0.5) is 0 Å². The summed E-state index contributed by atoms with van der Waals surface area (Å²) in [5.41, 5.74) is 0.130. The second-order valence-corrected chi connectivity index (χ2v) is 5.34. The summed E-state index contributed by atoms with van der Waals surface area (Å²) in [6, 6.07) is 3.62. The third kappa shape index (κ3) is 4.35. The standard InChI is InChI=1S/C14H18N4O3/c1-14(2,9-19)17-11(20)5-6-12-16-13(18-21-12)10-4-3-7-15-8-10/h3-4,7-8,19H,5-6,9H2,1-2H3,(H,17,20). The number of amides is 1. The van der Waals surface area contributed by atoms with E-state index in [1.54, 1.807) is 32.3 Å². The minimum absolute atomic E-state index is 0.121. The molecule has 2 N–H and O–H groups in total. The maximum atomic E-state index is 11.7. The molecule has 0 unspecified atom stereocenters. The van der Waals surface area contributed by atoms with Crippen LogP contribution in [0.1, 0.15) is 26.2 Å². The molecule has 2 heterocycles. The van der Waals surface area contributed by atoms with Gasteiger partial charge in [0.05, 0.1) is 12.1 Å². The summed E-state index contributed by atoms with van der Waals surface area (Å²) < 4.78 is 5.11. The van der Waals surface area contributed by atoms with E-state index in [2.05, 4.69) is 20.4 Å². The van der Waals surface area contributed by atoms with Crippen molar-refractivity contribution in [1.82, 2.24) is 20.4 Å². The molecule has 0 bridgehead atoms. The van der Waals surface area contributed by atoms with Crippen molar-refractivity contribution in [3.8, 4) is 11.4 Å². The molecule has 0 fully saturated rings. The molecule has 0 saturated heterocycles. The molecule has 2 aromatic rings. The van der Waals surface area contributed by atoms with Crippen molar-refractivity contribution in [1.29, 1.82) is 0 Å². The number of hydrogen-bond acceptors (Lipinski definition) is 6. The highest BCUT2D eigenvalue weighted by molar-refractivity contribution is 5.76. The molecule has 7 heteroatoms. The molecule has 2 aromatic heterocycles. The van der Waals surface area contributed by atoms with Gasteiger partial charge < -0.3 is 14.9 Å². The molecule has 0 atom stereocenters. The lowest BCUT2D eigenvalue weighted by atomic mass is 10.1. The first-order valence-electron chi connectivity index (χ1n) is 6.65. The Hall–Kier alpha value is -2.28. The zero-order valence-electron chi connectivity index (χ0n) is 12.0. The highest BCUT2D eigenvalue weighted by atomic mass is 16.5. The van der Waals surface area contributed by atoms with E-state index in [0.29, 0.717) is 18.1 Å². The fourth-order valence-corrected chi connectivity index (χ4v) is 1.67. The van der Waals surface area contributed by atoms with Crippen LogP contribution in [0, 0.1) is 0 Å². The van der Waals surface area contributed by atoms with Gasteiger partial charge in [-0.1, -0.05) is 5.16 Å². The Bertz CT molecular complexity index is 595. The quantitative estimate of drug-likeness (QED) is 0.821. The number of nitrogens with one attached hydrogen (secondary N) is 1. The Kier molecular flexibility index (Phi) is 4.64. The Labute approximate surface area is 122 Å². The molecule has 21 heavy (non-hydrogen) atoms. The van der Waals surface area contributed by atoms with Crippen LogP contribution in [-0.2, 0) is 11.2 Å². The molecule has 1 amide bonds. The SMILES string of the molecule is CC(C)(CO)NC(=O)CCc1nc(-c2cccnc2)no1. The molecule has 0 radical (unpaired) electrons. The van der Waals surface area contributed by atoms with Crippen molar-refractivity contribution in [3.05, 3.63) is 30.4 Å².